The number of likely N-dealkylation sites (tertiary alicyclic amines) is 1. The summed E-state index contributed by atoms with van der Waals surface area (Å²) in [6, 6.07) is 0. The lowest BCUT2D eigenvalue weighted by Gasteiger charge is -2.31. The van der Waals surface area contributed by atoms with E-state index in [1.54, 1.807) is 0 Å². The van der Waals surface area contributed by atoms with Crippen molar-refractivity contribution in [1.29, 1.82) is 0 Å². The smallest absolute Gasteiger partial charge is 0.216 e. The second kappa shape index (κ2) is 7.12. The summed E-state index contributed by atoms with van der Waals surface area (Å²) in [5.74, 6) is 2.79. The molecule has 0 radical (unpaired) electrons. The van der Waals surface area contributed by atoms with Crippen LogP contribution in [0.4, 0.5) is 0 Å². The molecule has 2 N–H and O–H groups in total. The molecule has 0 aromatic carbocycles. The Balaban J connectivity index is 0.00000180. The van der Waals surface area contributed by atoms with Crippen LogP contribution in [0, 0.1) is 19.8 Å². The predicted molar refractivity (Wildman–Crippen MR) is 86.7 cm³/mol. The third kappa shape index (κ3) is 4.36. The van der Waals surface area contributed by atoms with Crippen LogP contribution in [0.25, 0.3) is 0 Å². The molecule has 1 aromatic rings. The summed E-state index contributed by atoms with van der Waals surface area (Å²) < 4.78 is 5.48. The third-order valence-electron chi connectivity index (χ3n) is 3.43. The highest BCUT2D eigenvalue weighted by atomic mass is 127. The van der Waals surface area contributed by atoms with E-state index < -0.39 is 0 Å². The van der Waals surface area contributed by atoms with Crippen molar-refractivity contribution in [2.45, 2.75) is 40.2 Å². The highest BCUT2D eigenvalue weighted by Gasteiger charge is 2.17. The maximum atomic E-state index is 6.01. The lowest BCUT2D eigenvalue weighted by Crippen LogP contribution is -2.43. The van der Waals surface area contributed by atoms with Crippen molar-refractivity contribution in [3.63, 3.8) is 0 Å². The zero-order chi connectivity index (χ0) is 13.1. The number of hydrogen-bond donors (Lipinski definition) is 1. The summed E-state index contributed by atoms with van der Waals surface area (Å²) in [6.45, 7) is 8.51. The highest BCUT2D eigenvalue weighted by molar-refractivity contribution is 14.0. The summed E-state index contributed by atoms with van der Waals surface area (Å²) in [6.07, 6.45) is 2.47. The zero-order valence-corrected chi connectivity index (χ0v) is 14.2. The van der Waals surface area contributed by atoms with Gasteiger partial charge in [0.1, 0.15) is 12.3 Å². The zero-order valence-electron chi connectivity index (χ0n) is 11.8. The summed E-state index contributed by atoms with van der Waals surface area (Å²) in [5.41, 5.74) is 6.93. The quantitative estimate of drug-likeness (QED) is 0.488. The lowest BCUT2D eigenvalue weighted by atomic mass is 10.0. The maximum absolute atomic E-state index is 6.01. The van der Waals surface area contributed by atoms with Gasteiger partial charge in [-0.2, -0.15) is 0 Å². The molecule has 0 saturated carbocycles. The molecule has 2 rings (SSSR count). The van der Waals surface area contributed by atoms with Gasteiger partial charge in [0.2, 0.25) is 5.89 Å². The summed E-state index contributed by atoms with van der Waals surface area (Å²) in [7, 11) is 0. The molecular weight excluding hydrogens is 355 g/mol. The number of nitrogens with two attached hydrogens (primary N) is 1. The van der Waals surface area contributed by atoms with Crippen LogP contribution in [0.5, 0.6) is 0 Å². The van der Waals surface area contributed by atoms with Crippen LogP contribution in [0.2, 0.25) is 0 Å². The Morgan fingerprint density at radius 1 is 1.53 bits per heavy atom. The molecule has 2 heterocycles. The molecule has 1 aliphatic heterocycles. The van der Waals surface area contributed by atoms with Gasteiger partial charge < -0.3 is 15.1 Å². The van der Waals surface area contributed by atoms with Crippen LogP contribution < -0.4 is 5.73 Å². The summed E-state index contributed by atoms with van der Waals surface area (Å²) in [5, 5.41) is 0. The van der Waals surface area contributed by atoms with Gasteiger partial charge in [0.25, 0.3) is 0 Å². The van der Waals surface area contributed by atoms with Gasteiger partial charge in [-0.05, 0) is 32.6 Å². The van der Waals surface area contributed by atoms with E-state index in [1.807, 2.05) is 13.8 Å². The second-order valence-electron chi connectivity index (χ2n) is 5.12. The van der Waals surface area contributed by atoms with E-state index in [0.717, 1.165) is 24.5 Å². The van der Waals surface area contributed by atoms with Crippen molar-refractivity contribution in [2.24, 2.45) is 16.6 Å². The van der Waals surface area contributed by atoms with Crippen LogP contribution in [0.1, 0.15) is 37.1 Å². The fourth-order valence-corrected chi connectivity index (χ4v) is 2.25. The van der Waals surface area contributed by atoms with Gasteiger partial charge in [-0.15, -0.1) is 24.0 Å². The molecule has 1 atom stereocenters. The van der Waals surface area contributed by atoms with E-state index in [4.69, 9.17) is 10.2 Å². The number of aryl methyl sites for hydroxylation is 2. The standard InChI is InChI=1S/C13H22N4O.HI/c1-9-5-4-6-17(8-9)13(14)15-7-12-16-10(2)11(3)18-12;/h9H,4-8H2,1-3H3,(H2,14,15);1H. The number of aromatic nitrogens is 1. The van der Waals surface area contributed by atoms with Gasteiger partial charge in [0.15, 0.2) is 5.96 Å². The summed E-state index contributed by atoms with van der Waals surface area (Å²) >= 11 is 0. The van der Waals surface area contributed by atoms with E-state index in [0.29, 0.717) is 24.3 Å². The number of piperidine rings is 1. The Kier molecular flexibility index (Phi) is 6.09. The largest absolute Gasteiger partial charge is 0.444 e. The van der Waals surface area contributed by atoms with Crippen LogP contribution in [0.15, 0.2) is 9.41 Å². The lowest BCUT2D eigenvalue weighted by molar-refractivity contribution is 0.270. The van der Waals surface area contributed by atoms with Crippen molar-refractivity contribution in [3.8, 4) is 0 Å². The number of rotatable bonds is 2. The number of halogens is 1. The molecule has 108 valence electrons. The SMILES string of the molecule is Cc1nc(CN=C(N)N2CCCC(C)C2)oc1C.I. The van der Waals surface area contributed by atoms with Crippen LogP contribution >= 0.6 is 24.0 Å². The predicted octanol–water partition coefficient (Wildman–Crippen LogP) is 2.46. The van der Waals surface area contributed by atoms with Gasteiger partial charge in [-0.3, -0.25) is 0 Å². The van der Waals surface area contributed by atoms with Crippen LogP contribution in [0.3, 0.4) is 0 Å². The minimum absolute atomic E-state index is 0. The minimum atomic E-state index is 0. The maximum Gasteiger partial charge on any atom is 0.216 e. The third-order valence-corrected chi connectivity index (χ3v) is 3.43. The first kappa shape index (κ1) is 16.3. The first-order valence-electron chi connectivity index (χ1n) is 6.54. The minimum Gasteiger partial charge on any atom is -0.444 e. The Bertz CT molecular complexity index is 424. The van der Waals surface area contributed by atoms with Crippen molar-refractivity contribution in [1.82, 2.24) is 9.88 Å². The van der Waals surface area contributed by atoms with Crippen molar-refractivity contribution in [3.05, 3.63) is 17.3 Å². The van der Waals surface area contributed by atoms with Crippen molar-refractivity contribution < 1.29 is 4.42 Å². The molecule has 1 fully saturated rings. The molecule has 6 heteroatoms. The Morgan fingerprint density at radius 2 is 2.26 bits per heavy atom. The van der Waals surface area contributed by atoms with Crippen LogP contribution in [-0.4, -0.2) is 28.9 Å². The second-order valence-corrected chi connectivity index (χ2v) is 5.12. The first-order valence-corrected chi connectivity index (χ1v) is 6.54. The molecule has 1 saturated heterocycles. The molecule has 0 spiro atoms. The Hall–Kier alpha value is -0.790. The molecule has 0 bridgehead atoms. The van der Waals surface area contributed by atoms with E-state index in [9.17, 15) is 0 Å². The van der Waals surface area contributed by atoms with E-state index >= 15 is 0 Å². The average molecular weight is 378 g/mol. The molecule has 0 amide bonds. The number of hydrogen-bond acceptors (Lipinski definition) is 3. The highest BCUT2D eigenvalue weighted by Crippen LogP contribution is 2.15. The van der Waals surface area contributed by atoms with Crippen molar-refractivity contribution >= 4 is 29.9 Å². The van der Waals surface area contributed by atoms with Gasteiger partial charge in [0.05, 0.1) is 5.69 Å². The van der Waals surface area contributed by atoms with Crippen LogP contribution in [-0.2, 0) is 6.54 Å². The van der Waals surface area contributed by atoms with E-state index in [-0.39, 0.29) is 24.0 Å². The fraction of sp³-hybridized carbons (Fsp3) is 0.692. The molecule has 1 aromatic heterocycles. The number of nitrogens with zero attached hydrogens (tertiary/aromatic N) is 3. The Labute approximate surface area is 131 Å². The number of guanidine groups is 1. The molecule has 19 heavy (non-hydrogen) atoms. The topological polar surface area (TPSA) is 67.7 Å². The molecule has 0 aliphatic carbocycles. The van der Waals surface area contributed by atoms with E-state index in [2.05, 4.69) is 21.8 Å². The molecule has 5 nitrogen and oxygen atoms in total. The van der Waals surface area contributed by atoms with Gasteiger partial charge >= 0.3 is 0 Å². The Morgan fingerprint density at radius 3 is 2.84 bits per heavy atom. The normalized spacial score (nSPS) is 20.3. The van der Waals surface area contributed by atoms with Gasteiger partial charge in [-0.25, -0.2) is 9.98 Å². The summed E-state index contributed by atoms with van der Waals surface area (Å²) in [4.78, 5) is 10.8. The first-order chi connectivity index (χ1) is 8.56. The molecule has 1 unspecified atom stereocenters. The van der Waals surface area contributed by atoms with E-state index in [1.165, 1.54) is 12.8 Å². The fourth-order valence-electron chi connectivity index (χ4n) is 2.25. The number of aliphatic imine (C=N–C) groups is 1. The molecule has 1 aliphatic rings. The molecular formula is C13H23IN4O. The monoisotopic (exact) mass is 378 g/mol. The van der Waals surface area contributed by atoms with Crippen molar-refractivity contribution in [2.75, 3.05) is 13.1 Å². The number of oxazole rings is 1. The average Bonchev–Trinajstić information content (AvgIpc) is 2.66. The van der Waals surface area contributed by atoms with Gasteiger partial charge in [0, 0.05) is 13.1 Å². The van der Waals surface area contributed by atoms with Gasteiger partial charge in [-0.1, -0.05) is 6.92 Å².